The third kappa shape index (κ3) is 2.95. The Morgan fingerprint density at radius 2 is 1.86 bits per heavy atom. The molecule has 0 spiro atoms. The molecule has 0 atom stereocenters. The van der Waals surface area contributed by atoms with Crippen molar-refractivity contribution in [2.45, 2.75) is 0 Å². The number of carboxylic acid groups (broad SMARTS) is 1. The number of carbonyl (C=O) groups is 1. The first-order chi connectivity index (χ1) is 10.5. The third-order valence-corrected chi connectivity index (χ3v) is 3.21. The molecule has 1 heterocycles. The SMILES string of the molecule is COc1ccc(OC)c(-c2ccc(C(=O)O)c(N(C)C)n2)c1. The van der Waals surface area contributed by atoms with E-state index in [1.807, 2.05) is 0 Å². The number of anilines is 1. The fraction of sp³-hybridized carbons (Fsp3) is 0.250. The molecule has 0 radical (unpaired) electrons. The number of rotatable bonds is 5. The fourth-order valence-corrected chi connectivity index (χ4v) is 2.12. The van der Waals surface area contributed by atoms with E-state index in [1.165, 1.54) is 0 Å². The average Bonchev–Trinajstić information content (AvgIpc) is 2.53. The van der Waals surface area contributed by atoms with E-state index in [4.69, 9.17) is 9.47 Å². The summed E-state index contributed by atoms with van der Waals surface area (Å²) in [5, 5.41) is 9.25. The number of aromatic nitrogens is 1. The second-order valence-corrected chi connectivity index (χ2v) is 4.83. The van der Waals surface area contributed by atoms with Crippen LogP contribution in [0.3, 0.4) is 0 Å². The number of pyridine rings is 1. The number of hydrogen-bond donors (Lipinski definition) is 1. The molecule has 0 aliphatic heterocycles. The predicted octanol–water partition coefficient (Wildman–Crippen LogP) is 2.53. The molecule has 0 aliphatic rings. The van der Waals surface area contributed by atoms with Crippen LogP contribution in [0.4, 0.5) is 5.82 Å². The van der Waals surface area contributed by atoms with E-state index in [0.29, 0.717) is 23.0 Å². The summed E-state index contributed by atoms with van der Waals surface area (Å²) in [6, 6.07) is 8.59. The maximum atomic E-state index is 11.3. The monoisotopic (exact) mass is 302 g/mol. The van der Waals surface area contributed by atoms with Crippen LogP contribution < -0.4 is 14.4 Å². The zero-order valence-electron chi connectivity index (χ0n) is 13.0. The summed E-state index contributed by atoms with van der Waals surface area (Å²) in [5.41, 5.74) is 1.50. The Morgan fingerprint density at radius 1 is 1.14 bits per heavy atom. The van der Waals surface area contributed by atoms with Crippen LogP contribution in [0.2, 0.25) is 0 Å². The van der Waals surface area contributed by atoms with E-state index in [0.717, 1.165) is 5.56 Å². The van der Waals surface area contributed by atoms with Gasteiger partial charge in [-0.2, -0.15) is 0 Å². The minimum atomic E-state index is -1.01. The average molecular weight is 302 g/mol. The number of aromatic carboxylic acids is 1. The summed E-state index contributed by atoms with van der Waals surface area (Å²) in [4.78, 5) is 17.4. The highest BCUT2D eigenvalue weighted by atomic mass is 16.5. The van der Waals surface area contributed by atoms with Crippen molar-refractivity contribution in [3.05, 3.63) is 35.9 Å². The maximum absolute atomic E-state index is 11.3. The molecular weight excluding hydrogens is 284 g/mol. The summed E-state index contributed by atoms with van der Waals surface area (Å²) in [6.45, 7) is 0. The van der Waals surface area contributed by atoms with Gasteiger partial charge in [-0.15, -0.1) is 0 Å². The topological polar surface area (TPSA) is 71.9 Å². The first kappa shape index (κ1) is 15.6. The highest BCUT2D eigenvalue weighted by Crippen LogP contribution is 2.33. The van der Waals surface area contributed by atoms with Crippen LogP contribution in [0.1, 0.15) is 10.4 Å². The molecule has 6 nitrogen and oxygen atoms in total. The van der Waals surface area contributed by atoms with Gasteiger partial charge in [-0.05, 0) is 30.3 Å². The van der Waals surface area contributed by atoms with Crippen molar-refractivity contribution in [3.63, 3.8) is 0 Å². The van der Waals surface area contributed by atoms with Gasteiger partial charge in [0.25, 0.3) is 0 Å². The van der Waals surface area contributed by atoms with E-state index < -0.39 is 5.97 Å². The molecule has 0 unspecified atom stereocenters. The Balaban J connectivity index is 2.62. The summed E-state index contributed by atoms with van der Waals surface area (Å²) < 4.78 is 10.6. The van der Waals surface area contributed by atoms with Gasteiger partial charge < -0.3 is 19.5 Å². The number of methoxy groups -OCH3 is 2. The van der Waals surface area contributed by atoms with Crippen molar-refractivity contribution in [1.29, 1.82) is 0 Å². The van der Waals surface area contributed by atoms with E-state index >= 15 is 0 Å². The van der Waals surface area contributed by atoms with Crippen molar-refractivity contribution >= 4 is 11.8 Å². The van der Waals surface area contributed by atoms with Crippen molar-refractivity contribution < 1.29 is 19.4 Å². The fourth-order valence-electron chi connectivity index (χ4n) is 2.12. The predicted molar refractivity (Wildman–Crippen MR) is 84.1 cm³/mol. The summed E-state index contributed by atoms with van der Waals surface area (Å²) in [6.07, 6.45) is 0. The Morgan fingerprint density at radius 3 is 2.41 bits per heavy atom. The molecule has 0 saturated heterocycles. The molecule has 2 rings (SSSR count). The van der Waals surface area contributed by atoms with Crippen molar-refractivity contribution in [2.75, 3.05) is 33.2 Å². The smallest absolute Gasteiger partial charge is 0.339 e. The van der Waals surface area contributed by atoms with E-state index in [2.05, 4.69) is 4.98 Å². The summed E-state index contributed by atoms with van der Waals surface area (Å²) >= 11 is 0. The van der Waals surface area contributed by atoms with Crippen LogP contribution in [0.15, 0.2) is 30.3 Å². The van der Waals surface area contributed by atoms with Crippen LogP contribution in [-0.4, -0.2) is 44.4 Å². The second-order valence-electron chi connectivity index (χ2n) is 4.83. The molecule has 0 aliphatic carbocycles. The Kier molecular flexibility index (Phi) is 4.50. The van der Waals surface area contributed by atoms with Crippen molar-refractivity contribution in [1.82, 2.24) is 4.98 Å². The first-order valence-corrected chi connectivity index (χ1v) is 6.62. The van der Waals surface area contributed by atoms with Gasteiger partial charge in [-0.1, -0.05) is 0 Å². The Hall–Kier alpha value is -2.76. The molecule has 116 valence electrons. The molecular formula is C16H18N2O4. The Bertz CT molecular complexity index is 699. The van der Waals surface area contributed by atoms with Gasteiger partial charge in [0, 0.05) is 19.7 Å². The normalized spacial score (nSPS) is 10.2. The zero-order chi connectivity index (χ0) is 16.3. The molecule has 0 bridgehead atoms. The largest absolute Gasteiger partial charge is 0.497 e. The zero-order valence-corrected chi connectivity index (χ0v) is 13.0. The molecule has 6 heteroatoms. The molecule has 2 aromatic rings. The van der Waals surface area contributed by atoms with Gasteiger partial charge in [-0.3, -0.25) is 0 Å². The lowest BCUT2D eigenvalue weighted by atomic mass is 10.1. The lowest BCUT2D eigenvalue weighted by molar-refractivity contribution is 0.0697. The van der Waals surface area contributed by atoms with Gasteiger partial charge in [0.05, 0.1) is 19.9 Å². The van der Waals surface area contributed by atoms with Crippen LogP contribution >= 0.6 is 0 Å². The van der Waals surface area contributed by atoms with Crippen LogP contribution in [0, 0.1) is 0 Å². The van der Waals surface area contributed by atoms with E-state index in [1.54, 1.807) is 63.5 Å². The van der Waals surface area contributed by atoms with E-state index in [-0.39, 0.29) is 5.56 Å². The quantitative estimate of drug-likeness (QED) is 0.915. The van der Waals surface area contributed by atoms with Gasteiger partial charge in [0.1, 0.15) is 22.9 Å². The van der Waals surface area contributed by atoms with Gasteiger partial charge in [0.2, 0.25) is 0 Å². The molecule has 0 saturated carbocycles. The number of ether oxygens (including phenoxy) is 2. The minimum absolute atomic E-state index is 0.149. The third-order valence-electron chi connectivity index (χ3n) is 3.21. The molecule has 1 aromatic carbocycles. The van der Waals surface area contributed by atoms with Crippen molar-refractivity contribution in [2.24, 2.45) is 0 Å². The van der Waals surface area contributed by atoms with Crippen LogP contribution in [0.5, 0.6) is 11.5 Å². The van der Waals surface area contributed by atoms with Crippen LogP contribution in [0.25, 0.3) is 11.3 Å². The number of hydrogen-bond acceptors (Lipinski definition) is 5. The molecule has 1 aromatic heterocycles. The van der Waals surface area contributed by atoms with E-state index in [9.17, 15) is 9.90 Å². The van der Waals surface area contributed by atoms with Gasteiger partial charge in [-0.25, -0.2) is 9.78 Å². The number of carboxylic acids is 1. The number of nitrogens with zero attached hydrogens (tertiary/aromatic N) is 2. The maximum Gasteiger partial charge on any atom is 0.339 e. The lowest BCUT2D eigenvalue weighted by Crippen LogP contribution is -2.16. The van der Waals surface area contributed by atoms with Crippen LogP contribution in [-0.2, 0) is 0 Å². The Labute approximate surface area is 128 Å². The van der Waals surface area contributed by atoms with Crippen molar-refractivity contribution in [3.8, 4) is 22.8 Å². The summed E-state index contributed by atoms with van der Waals surface area (Å²) in [7, 11) is 6.66. The second kappa shape index (κ2) is 6.34. The minimum Gasteiger partial charge on any atom is -0.497 e. The lowest BCUT2D eigenvalue weighted by Gasteiger charge is -2.16. The molecule has 1 N–H and O–H groups in total. The molecule has 22 heavy (non-hydrogen) atoms. The first-order valence-electron chi connectivity index (χ1n) is 6.62. The highest BCUT2D eigenvalue weighted by molar-refractivity contribution is 5.94. The standard InChI is InChI=1S/C16H18N2O4/c1-18(2)15-11(16(19)20)6-7-13(17-15)12-9-10(21-3)5-8-14(12)22-4/h5-9H,1-4H3,(H,19,20). The molecule has 0 amide bonds. The van der Waals surface area contributed by atoms with Gasteiger partial charge in [0.15, 0.2) is 0 Å². The molecule has 0 fully saturated rings. The summed E-state index contributed by atoms with van der Waals surface area (Å²) in [5.74, 6) is 0.683. The highest BCUT2D eigenvalue weighted by Gasteiger charge is 2.16. The van der Waals surface area contributed by atoms with Gasteiger partial charge >= 0.3 is 5.97 Å². The number of benzene rings is 1.